The monoisotopic (exact) mass is 304 g/mol. The lowest BCUT2D eigenvalue weighted by molar-refractivity contribution is -0.150. The molecule has 1 unspecified atom stereocenters. The van der Waals surface area contributed by atoms with E-state index in [1.807, 2.05) is 0 Å². The van der Waals surface area contributed by atoms with Gasteiger partial charge in [-0.25, -0.2) is 8.78 Å². The van der Waals surface area contributed by atoms with Gasteiger partial charge in [0.15, 0.2) is 0 Å². The van der Waals surface area contributed by atoms with Crippen LogP contribution in [0, 0.1) is 0 Å². The first kappa shape index (κ1) is 15.8. The van der Waals surface area contributed by atoms with Gasteiger partial charge in [0.25, 0.3) is 0 Å². The molecule has 1 aromatic rings. The summed E-state index contributed by atoms with van der Waals surface area (Å²) in [7, 11) is 2.82. The molecule has 1 amide bonds. The molecule has 1 aliphatic rings. The normalized spacial score (nSPS) is 17.1. The van der Waals surface area contributed by atoms with E-state index in [4.69, 9.17) is 0 Å². The highest BCUT2D eigenvalue weighted by atomic mass is 19.3. The number of hydrogen-bond acceptors (Lipinski definition) is 2. The van der Waals surface area contributed by atoms with E-state index in [2.05, 4.69) is 5.32 Å². The SMILES string of the molecule is CNC(c1ccc2c(c1)CCC(=O)N2C)C(F)(F)C(F)F. The highest BCUT2D eigenvalue weighted by Crippen LogP contribution is 2.38. The summed E-state index contributed by atoms with van der Waals surface area (Å²) < 4.78 is 52.3. The fourth-order valence-corrected chi connectivity index (χ4v) is 2.56. The molecule has 0 saturated heterocycles. The van der Waals surface area contributed by atoms with Gasteiger partial charge in [0, 0.05) is 19.2 Å². The van der Waals surface area contributed by atoms with Crippen LogP contribution >= 0.6 is 0 Å². The second-order valence-corrected chi connectivity index (χ2v) is 5.04. The quantitative estimate of drug-likeness (QED) is 0.868. The Hall–Kier alpha value is -1.63. The van der Waals surface area contributed by atoms with Crippen molar-refractivity contribution < 1.29 is 22.4 Å². The van der Waals surface area contributed by atoms with E-state index in [0.717, 1.165) is 0 Å². The maximum atomic E-state index is 13.6. The average Bonchev–Trinajstić information content (AvgIpc) is 2.43. The largest absolute Gasteiger partial charge is 0.326 e. The lowest BCUT2D eigenvalue weighted by Crippen LogP contribution is -2.41. The van der Waals surface area contributed by atoms with Gasteiger partial charge in [-0.1, -0.05) is 12.1 Å². The molecule has 21 heavy (non-hydrogen) atoms. The van der Waals surface area contributed by atoms with E-state index >= 15 is 0 Å². The molecule has 1 aromatic carbocycles. The van der Waals surface area contributed by atoms with E-state index in [1.54, 1.807) is 7.05 Å². The minimum atomic E-state index is -4.17. The molecule has 0 bridgehead atoms. The number of benzene rings is 1. The van der Waals surface area contributed by atoms with Gasteiger partial charge in [0.05, 0.1) is 0 Å². The Kier molecular flexibility index (Phi) is 4.22. The summed E-state index contributed by atoms with van der Waals surface area (Å²) in [6.45, 7) is 0. The summed E-state index contributed by atoms with van der Waals surface area (Å²) >= 11 is 0. The van der Waals surface area contributed by atoms with Crippen molar-refractivity contribution in [3.63, 3.8) is 0 Å². The zero-order valence-corrected chi connectivity index (χ0v) is 11.7. The minimum absolute atomic E-state index is 0.0571. The topological polar surface area (TPSA) is 32.3 Å². The van der Waals surface area contributed by atoms with Crippen LogP contribution in [0.25, 0.3) is 0 Å². The summed E-state index contributed by atoms with van der Waals surface area (Å²) in [5, 5.41) is 2.26. The highest BCUT2D eigenvalue weighted by molar-refractivity contribution is 5.95. The molecular weight excluding hydrogens is 288 g/mol. The van der Waals surface area contributed by atoms with Crippen LogP contribution in [0.1, 0.15) is 23.6 Å². The summed E-state index contributed by atoms with van der Waals surface area (Å²) in [4.78, 5) is 13.0. The van der Waals surface area contributed by atoms with Gasteiger partial charge in [0.2, 0.25) is 5.91 Å². The van der Waals surface area contributed by atoms with Crippen LogP contribution in [0.5, 0.6) is 0 Å². The molecule has 0 spiro atoms. The molecule has 1 N–H and O–H groups in total. The van der Waals surface area contributed by atoms with Crippen LogP contribution in [0.15, 0.2) is 18.2 Å². The van der Waals surface area contributed by atoms with Crippen LogP contribution in [-0.4, -0.2) is 32.4 Å². The maximum absolute atomic E-state index is 13.6. The van der Waals surface area contributed by atoms with Crippen molar-refractivity contribution in [2.75, 3.05) is 19.0 Å². The van der Waals surface area contributed by atoms with E-state index in [-0.39, 0.29) is 17.9 Å². The number of alkyl halides is 4. The van der Waals surface area contributed by atoms with Crippen LogP contribution in [0.3, 0.4) is 0 Å². The fraction of sp³-hybridized carbons (Fsp3) is 0.500. The van der Waals surface area contributed by atoms with Gasteiger partial charge in [0.1, 0.15) is 6.04 Å². The number of hydrogen-bond donors (Lipinski definition) is 1. The number of carbonyl (C=O) groups is 1. The molecule has 2 rings (SSSR count). The van der Waals surface area contributed by atoms with Crippen molar-refractivity contribution in [1.82, 2.24) is 5.32 Å². The molecule has 0 fully saturated rings. The lowest BCUT2D eigenvalue weighted by Gasteiger charge is -2.29. The Morgan fingerprint density at radius 1 is 1.29 bits per heavy atom. The third-order valence-corrected chi connectivity index (χ3v) is 3.75. The van der Waals surface area contributed by atoms with Crippen LogP contribution < -0.4 is 10.2 Å². The second-order valence-electron chi connectivity index (χ2n) is 5.04. The molecular formula is C14H16F4N2O. The first-order valence-corrected chi connectivity index (χ1v) is 6.51. The number of nitrogens with zero attached hydrogens (tertiary/aromatic N) is 1. The number of nitrogens with one attached hydrogen (secondary N) is 1. The number of halogens is 4. The molecule has 116 valence electrons. The van der Waals surface area contributed by atoms with Crippen molar-refractivity contribution >= 4 is 11.6 Å². The molecule has 0 radical (unpaired) electrons. The molecule has 0 aliphatic carbocycles. The van der Waals surface area contributed by atoms with Crippen LogP contribution in [-0.2, 0) is 11.2 Å². The number of carbonyl (C=O) groups excluding carboxylic acids is 1. The van der Waals surface area contributed by atoms with E-state index in [9.17, 15) is 22.4 Å². The predicted octanol–water partition coefficient (Wildman–Crippen LogP) is 2.76. The Balaban J connectivity index is 2.40. The Morgan fingerprint density at radius 2 is 1.95 bits per heavy atom. The van der Waals surface area contributed by atoms with Gasteiger partial charge in [-0.3, -0.25) is 4.79 Å². The van der Waals surface area contributed by atoms with E-state index in [0.29, 0.717) is 17.7 Å². The molecule has 1 heterocycles. The van der Waals surface area contributed by atoms with Crippen molar-refractivity contribution in [3.05, 3.63) is 29.3 Å². The predicted molar refractivity (Wildman–Crippen MR) is 70.9 cm³/mol. The van der Waals surface area contributed by atoms with Gasteiger partial charge in [-0.05, 0) is 30.7 Å². The number of rotatable bonds is 4. The Bertz CT molecular complexity index is 548. The van der Waals surface area contributed by atoms with Gasteiger partial charge in [-0.15, -0.1) is 0 Å². The smallest absolute Gasteiger partial charge is 0.315 e. The summed E-state index contributed by atoms with van der Waals surface area (Å²) in [6.07, 6.45) is -3.05. The van der Waals surface area contributed by atoms with Crippen LogP contribution in [0.4, 0.5) is 23.2 Å². The standard InChI is InChI=1S/C14H16F4N2O/c1-19-12(14(17,18)13(15)16)9-3-5-10-8(7-9)4-6-11(21)20(10)2/h3,5,7,12-13,19H,4,6H2,1-2H3. The zero-order valence-electron chi connectivity index (χ0n) is 11.7. The maximum Gasteiger partial charge on any atom is 0.326 e. The Morgan fingerprint density at radius 3 is 2.52 bits per heavy atom. The first-order chi connectivity index (χ1) is 9.78. The van der Waals surface area contributed by atoms with Crippen molar-refractivity contribution in [1.29, 1.82) is 0 Å². The fourth-order valence-electron chi connectivity index (χ4n) is 2.56. The zero-order chi connectivity index (χ0) is 15.8. The molecule has 3 nitrogen and oxygen atoms in total. The average molecular weight is 304 g/mol. The summed E-state index contributed by atoms with van der Waals surface area (Å²) in [6, 6.07) is 2.57. The van der Waals surface area contributed by atoms with Gasteiger partial charge in [-0.2, -0.15) is 8.78 Å². The van der Waals surface area contributed by atoms with E-state index in [1.165, 1.54) is 30.1 Å². The molecule has 1 atom stereocenters. The molecule has 0 saturated carbocycles. The van der Waals surface area contributed by atoms with Crippen molar-refractivity contribution in [3.8, 4) is 0 Å². The second kappa shape index (κ2) is 5.63. The highest BCUT2D eigenvalue weighted by Gasteiger charge is 2.49. The van der Waals surface area contributed by atoms with Gasteiger partial charge < -0.3 is 10.2 Å². The molecule has 1 aliphatic heterocycles. The lowest BCUT2D eigenvalue weighted by atomic mass is 9.94. The number of anilines is 1. The molecule has 0 aromatic heterocycles. The van der Waals surface area contributed by atoms with Crippen molar-refractivity contribution in [2.24, 2.45) is 0 Å². The van der Waals surface area contributed by atoms with Crippen LogP contribution in [0.2, 0.25) is 0 Å². The third kappa shape index (κ3) is 2.74. The molecule has 7 heteroatoms. The van der Waals surface area contributed by atoms with E-state index < -0.39 is 18.4 Å². The third-order valence-electron chi connectivity index (χ3n) is 3.75. The number of aryl methyl sites for hydroxylation is 1. The minimum Gasteiger partial charge on any atom is -0.315 e. The van der Waals surface area contributed by atoms with Gasteiger partial charge >= 0.3 is 12.3 Å². The summed E-state index contributed by atoms with van der Waals surface area (Å²) in [5.41, 5.74) is 1.43. The Labute approximate surface area is 119 Å². The summed E-state index contributed by atoms with van der Waals surface area (Å²) in [5.74, 6) is -4.22. The first-order valence-electron chi connectivity index (χ1n) is 6.51. The number of amides is 1. The number of fused-ring (bicyclic) bond motifs is 1. The van der Waals surface area contributed by atoms with Crippen molar-refractivity contribution in [2.45, 2.75) is 31.2 Å².